The van der Waals surface area contributed by atoms with Gasteiger partial charge in [0.15, 0.2) is 0 Å². The minimum atomic E-state index is -0.340. The predicted octanol–water partition coefficient (Wildman–Crippen LogP) is 1.58. The Labute approximate surface area is 123 Å². The maximum Gasteiger partial charge on any atom is 0.268 e. The number of para-hydroxylation sites is 1. The molecule has 1 heterocycles. The van der Waals surface area contributed by atoms with Gasteiger partial charge < -0.3 is 9.47 Å². The molecule has 0 bridgehead atoms. The molecule has 2 rings (SSSR count). The van der Waals surface area contributed by atoms with Crippen molar-refractivity contribution >= 4 is 17.7 Å². The summed E-state index contributed by atoms with van der Waals surface area (Å²) in [4.78, 5) is 11.6. The maximum absolute atomic E-state index is 11.6. The average Bonchev–Trinajstić information content (AvgIpc) is 3.00. The molecule has 0 saturated carbocycles. The van der Waals surface area contributed by atoms with Gasteiger partial charge in [0, 0.05) is 18.1 Å². The quantitative estimate of drug-likeness (QED) is 0.346. The van der Waals surface area contributed by atoms with Crippen molar-refractivity contribution in [1.29, 1.82) is 0 Å². The van der Waals surface area contributed by atoms with E-state index >= 15 is 0 Å². The minimum absolute atomic E-state index is 0.340. The topological polar surface area (TPSA) is 73.6 Å². The second kappa shape index (κ2) is 8.14. The molecule has 0 aliphatic carbocycles. The first kappa shape index (κ1) is 15.2. The molecule has 0 radical (unpaired) electrons. The van der Waals surface area contributed by atoms with E-state index in [2.05, 4.69) is 5.43 Å². The molecule has 6 heteroatoms. The molecule has 1 fully saturated rings. The van der Waals surface area contributed by atoms with E-state index in [1.807, 2.05) is 17.8 Å². The van der Waals surface area contributed by atoms with Gasteiger partial charge in [-0.3, -0.25) is 10.2 Å². The third-order valence-electron chi connectivity index (χ3n) is 3.08. The van der Waals surface area contributed by atoms with Crippen LogP contribution in [0.3, 0.4) is 0 Å². The lowest BCUT2D eigenvalue weighted by molar-refractivity contribution is 0.0950. The van der Waals surface area contributed by atoms with Crippen LogP contribution in [0, 0.1) is 0 Å². The van der Waals surface area contributed by atoms with E-state index in [0.29, 0.717) is 24.0 Å². The van der Waals surface area contributed by atoms with Crippen molar-refractivity contribution in [3.05, 3.63) is 29.8 Å². The monoisotopic (exact) mass is 296 g/mol. The number of nitrogens with two attached hydrogens (primary N) is 1. The Morgan fingerprint density at radius 2 is 2.35 bits per heavy atom. The fourth-order valence-electron chi connectivity index (χ4n) is 2.06. The van der Waals surface area contributed by atoms with Crippen molar-refractivity contribution in [2.45, 2.75) is 18.9 Å². The Morgan fingerprint density at radius 1 is 1.50 bits per heavy atom. The number of carbonyl (C=O) groups excluding carboxylic acids is 1. The Kier molecular flexibility index (Phi) is 6.17. The normalized spacial score (nSPS) is 17.9. The third kappa shape index (κ3) is 4.40. The molecule has 110 valence electrons. The van der Waals surface area contributed by atoms with E-state index in [1.54, 1.807) is 18.2 Å². The van der Waals surface area contributed by atoms with Gasteiger partial charge >= 0.3 is 0 Å². The summed E-state index contributed by atoms with van der Waals surface area (Å²) in [6.07, 6.45) is 2.73. The van der Waals surface area contributed by atoms with Crippen molar-refractivity contribution < 1.29 is 14.3 Å². The van der Waals surface area contributed by atoms with E-state index in [4.69, 9.17) is 15.3 Å². The van der Waals surface area contributed by atoms with Crippen LogP contribution in [0.15, 0.2) is 24.3 Å². The van der Waals surface area contributed by atoms with Gasteiger partial charge in [-0.05, 0) is 25.0 Å². The van der Waals surface area contributed by atoms with Gasteiger partial charge in [0.05, 0.1) is 18.3 Å². The second-order valence-corrected chi connectivity index (χ2v) is 5.68. The number of benzene rings is 1. The molecule has 0 aromatic heterocycles. The minimum Gasteiger partial charge on any atom is -0.492 e. The van der Waals surface area contributed by atoms with Crippen molar-refractivity contribution in [1.82, 2.24) is 5.43 Å². The number of thioether (sulfide) groups is 1. The van der Waals surface area contributed by atoms with Crippen LogP contribution in [0.1, 0.15) is 23.2 Å². The number of amides is 1. The van der Waals surface area contributed by atoms with E-state index in [1.165, 1.54) is 6.42 Å². The third-order valence-corrected chi connectivity index (χ3v) is 4.14. The highest BCUT2D eigenvalue weighted by Gasteiger charge is 2.15. The largest absolute Gasteiger partial charge is 0.492 e. The highest BCUT2D eigenvalue weighted by molar-refractivity contribution is 7.99. The number of rotatable bonds is 7. The Hall–Kier alpha value is -1.24. The molecule has 1 atom stereocenters. The molecule has 20 heavy (non-hydrogen) atoms. The summed E-state index contributed by atoms with van der Waals surface area (Å²) in [7, 11) is 0. The van der Waals surface area contributed by atoms with E-state index < -0.39 is 0 Å². The highest BCUT2D eigenvalue weighted by Crippen LogP contribution is 2.19. The molecule has 1 aromatic rings. The van der Waals surface area contributed by atoms with Crippen LogP contribution in [-0.2, 0) is 4.74 Å². The zero-order chi connectivity index (χ0) is 14.2. The number of hydrogen-bond acceptors (Lipinski definition) is 5. The molecule has 5 nitrogen and oxygen atoms in total. The van der Waals surface area contributed by atoms with Crippen molar-refractivity contribution in [3.63, 3.8) is 0 Å². The molecule has 0 spiro atoms. The molecule has 1 aliphatic rings. The molecule has 1 aromatic carbocycles. The first-order valence-corrected chi connectivity index (χ1v) is 7.89. The molecule has 1 saturated heterocycles. The van der Waals surface area contributed by atoms with E-state index in [-0.39, 0.29) is 5.91 Å². The van der Waals surface area contributed by atoms with Gasteiger partial charge in [0.25, 0.3) is 5.91 Å². The van der Waals surface area contributed by atoms with Crippen molar-refractivity contribution in [2.75, 3.05) is 24.7 Å². The molecular weight excluding hydrogens is 276 g/mol. The zero-order valence-corrected chi connectivity index (χ0v) is 12.2. The Morgan fingerprint density at radius 3 is 3.10 bits per heavy atom. The first-order valence-electron chi connectivity index (χ1n) is 6.73. The van der Waals surface area contributed by atoms with Crippen molar-refractivity contribution in [3.8, 4) is 5.75 Å². The van der Waals surface area contributed by atoms with Crippen LogP contribution >= 0.6 is 11.8 Å². The average molecular weight is 296 g/mol. The van der Waals surface area contributed by atoms with Gasteiger partial charge in [0.2, 0.25) is 0 Å². The lowest BCUT2D eigenvalue weighted by atomic mass is 10.2. The van der Waals surface area contributed by atoms with Crippen LogP contribution < -0.4 is 16.0 Å². The number of carbonyl (C=O) groups is 1. The molecular formula is C14H20N2O3S. The van der Waals surface area contributed by atoms with Gasteiger partial charge in [-0.2, -0.15) is 11.8 Å². The highest BCUT2D eigenvalue weighted by atomic mass is 32.2. The van der Waals surface area contributed by atoms with Crippen LogP contribution in [0.4, 0.5) is 0 Å². The van der Waals surface area contributed by atoms with Gasteiger partial charge in [0.1, 0.15) is 5.75 Å². The molecule has 1 unspecified atom stereocenters. The first-order chi connectivity index (χ1) is 9.81. The fraction of sp³-hybridized carbons (Fsp3) is 0.500. The summed E-state index contributed by atoms with van der Waals surface area (Å²) < 4.78 is 11.2. The molecule has 3 N–H and O–H groups in total. The summed E-state index contributed by atoms with van der Waals surface area (Å²) in [5, 5.41) is 0. The SMILES string of the molecule is NNC(=O)c1ccccc1OCCSCC1CCCO1. The number of hydrazine groups is 1. The standard InChI is InChI=1S/C14H20N2O3S/c15-16-14(17)12-5-1-2-6-13(12)19-8-9-20-10-11-4-3-7-18-11/h1-2,5-6,11H,3-4,7-10,15H2,(H,16,17). The van der Waals surface area contributed by atoms with Gasteiger partial charge in [-0.15, -0.1) is 0 Å². The van der Waals surface area contributed by atoms with Crippen LogP contribution in [0.2, 0.25) is 0 Å². The van der Waals surface area contributed by atoms with Gasteiger partial charge in [-0.1, -0.05) is 12.1 Å². The smallest absolute Gasteiger partial charge is 0.268 e. The van der Waals surface area contributed by atoms with Crippen LogP contribution in [0.5, 0.6) is 5.75 Å². The van der Waals surface area contributed by atoms with Crippen LogP contribution in [-0.4, -0.2) is 36.7 Å². The summed E-state index contributed by atoms with van der Waals surface area (Å²) >= 11 is 1.81. The number of nitrogens with one attached hydrogen (secondary N) is 1. The van der Waals surface area contributed by atoms with E-state index in [9.17, 15) is 4.79 Å². The lowest BCUT2D eigenvalue weighted by Crippen LogP contribution is -2.30. The maximum atomic E-state index is 11.6. The second-order valence-electron chi connectivity index (χ2n) is 4.53. The number of hydrogen-bond donors (Lipinski definition) is 2. The summed E-state index contributed by atoms with van der Waals surface area (Å²) in [6, 6.07) is 7.08. The molecule has 1 amide bonds. The van der Waals surface area contributed by atoms with E-state index in [0.717, 1.165) is 24.5 Å². The number of nitrogen functional groups attached to an aromatic ring is 1. The predicted molar refractivity (Wildman–Crippen MR) is 79.9 cm³/mol. The van der Waals surface area contributed by atoms with Crippen LogP contribution in [0.25, 0.3) is 0 Å². The van der Waals surface area contributed by atoms with Gasteiger partial charge in [-0.25, -0.2) is 5.84 Å². The molecule has 1 aliphatic heterocycles. The van der Waals surface area contributed by atoms with Crippen molar-refractivity contribution in [2.24, 2.45) is 5.84 Å². The fourth-order valence-corrected chi connectivity index (χ4v) is 2.95. The summed E-state index contributed by atoms with van der Waals surface area (Å²) in [6.45, 7) is 1.45. The summed E-state index contributed by atoms with van der Waals surface area (Å²) in [5.41, 5.74) is 2.58. The Bertz CT molecular complexity index is 436. The number of ether oxygens (including phenoxy) is 2. The summed E-state index contributed by atoms with van der Waals surface area (Å²) in [5.74, 6) is 7.25. The zero-order valence-electron chi connectivity index (χ0n) is 11.3. The Balaban J connectivity index is 1.72. The lowest BCUT2D eigenvalue weighted by Gasteiger charge is -2.11.